The molecule has 1 heterocycles. The molecule has 3 aromatic carbocycles. The Balaban J connectivity index is 1.84. The van der Waals surface area contributed by atoms with E-state index in [9.17, 15) is 5.11 Å². The molecular formula is C20H14BrNO2. The predicted molar refractivity (Wildman–Crippen MR) is 98.5 cm³/mol. The molecule has 4 heteroatoms. The topological polar surface area (TPSA) is 46.3 Å². The molecule has 3 nitrogen and oxygen atoms in total. The third-order valence-electron chi connectivity index (χ3n) is 4.08. The van der Waals surface area contributed by atoms with Crippen molar-refractivity contribution >= 4 is 26.7 Å². The van der Waals surface area contributed by atoms with Gasteiger partial charge in [-0.05, 0) is 29.0 Å². The number of benzene rings is 3. The second kappa shape index (κ2) is 6.23. The van der Waals surface area contributed by atoms with Gasteiger partial charge in [0.15, 0.2) is 5.76 Å². The molecule has 118 valence electrons. The zero-order valence-electron chi connectivity index (χ0n) is 12.7. The Morgan fingerprint density at radius 2 is 1.58 bits per heavy atom. The summed E-state index contributed by atoms with van der Waals surface area (Å²) < 4.78 is 6.55. The summed E-state index contributed by atoms with van der Waals surface area (Å²) in [5, 5.41) is 16.4. The van der Waals surface area contributed by atoms with Gasteiger partial charge in [0, 0.05) is 15.6 Å². The molecule has 0 unspecified atom stereocenters. The largest absolute Gasteiger partial charge is 0.391 e. The Morgan fingerprint density at radius 3 is 2.33 bits per heavy atom. The third kappa shape index (κ3) is 2.64. The second-order valence-corrected chi connectivity index (χ2v) is 6.48. The molecule has 0 saturated heterocycles. The van der Waals surface area contributed by atoms with Crippen molar-refractivity contribution in [2.45, 2.75) is 6.61 Å². The number of hydrogen-bond donors (Lipinski definition) is 1. The van der Waals surface area contributed by atoms with E-state index in [-0.39, 0.29) is 6.61 Å². The summed E-state index contributed by atoms with van der Waals surface area (Å²) in [4.78, 5) is 0. The summed E-state index contributed by atoms with van der Waals surface area (Å²) in [5.74, 6) is 0.605. The zero-order chi connectivity index (χ0) is 16.5. The van der Waals surface area contributed by atoms with E-state index in [4.69, 9.17) is 4.52 Å². The van der Waals surface area contributed by atoms with Crippen LogP contribution in [0, 0.1) is 0 Å². The standard InChI is InChI=1S/C20H14BrNO2/c21-17-9-7-14(8-10-17)20-18(12-23)19(22-24-20)16-6-5-13-3-1-2-4-15(13)11-16/h1-11,23H,12H2. The van der Waals surface area contributed by atoms with Gasteiger partial charge in [0.2, 0.25) is 0 Å². The average molecular weight is 380 g/mol. The van der Waals surface area contributed by atoms with E-state index in [0.717, 1.165) is 21.0 Å². The molecule has 0 bridgehead atoms. The van der Waals surface area contributed by atoms with Crippen LogP contribution in [0.5, 0.6) is 0 Å². The molecule has 0 aliphatic heterocycles. The Hall–Kier alpha value is -2.43. The highest BCUT2D eigenvalue weighted by atomic mass is 79.9. The van der Waals surface area contributed by atoms with Gasteiger partial charge in [-0.3, -0.25) is 0 Å². The summed E-state index contributed by atoms with van der Waals surface area (Å²) in [7, 11) is 0. The van der Waals surface area contributed by atoms with E-state index in [1.807, 2.05) is 42.5 Å². The fourth-order valence-electron chi connectivity index (χ4n) is 2.85. The lowest BCUT2D eigenvalue weighted by Crippen LogP contribution is -1.89. The van der Waals surface area contributed by atoms with Gasteiger partial charge in [0.1, 0.15) is 5.69 Å². The van der Waals surface area contributed by atoms with Crippen molar-refractivity contribution in [2.24, 2.45) is 0 Å². The van der Waals surface area contributed by atoms with Crippen LogP contribution in [0.4, 0.5) is 0 Å². The number of halogens is 1. The Labute approximate surface area is 147 Å². The van der Waals surface area contributed by atoms with Gasteiger partial charge in [-0.1, -0.05) is 69.6 Å². The normalized spacial score (nSPS) is 11.1. The number of nitrogens with zero attached hydrogens (tertiary/aromatic N) is 1. The van der Waals surface area contributed by atoms with Crippen LogP contribution >= 0.6 is 15.9 Å². The van der Waals surface area contributed by atoms with Gasteiger partial charge in [0.05, 0.1) is 12.2 Å². The van der Waals surface area contributed by atoms with Gasteiger partial charge in [-0.15, -0.1) is 0 Å². The molecule has 0 spiro atoms. The van der Waals surface area contributed by atoms with Crippen molar-refractivity contribution in [3.05, 3.63) is 76.8 Å². The van der Waals surface area contributed by atoms with Crippen LogP contribution in [0.15, 0.2) is 75.7 Å². The first-order valence-corrected chi connectivity index (χ1v) is 8.40. The molecule has 24 heavy (non-hydrogen) atoms. The van der Waals surface area contributed by atoms with Crippen LogP contribution in [-0.2, 0) is 6.61 Å². The minimum Gasteiger partial charge on any atom is -0.391 e. The lowest BCUT2D eigenvalue weighted by molar-refractivity contribution is 0.281. The molecule has 0 saturated carbocycles. The van der Waals surface area contributed by atoms with Crippen molar-refractivity contribution < 1.29 is 9.63 Å². The van der Waals surface area contributed by atoms with Crippen molar-refractivity contribution in [2.75, 3.05) is 0 Å². The van der Waals surface area contributed by atoms with Gasteiger partial charge in [-0.2, -0.15) is 0 Å². The van der Waals surface area contributed by atoms with Gasteiger partial charge < -0.3 is 9.63 Å². The first-order valence-electron chi connectivity index (χ1n) is 7.61. The van der Waals surface area contributed by atoms with Crippen molar-refractivity contribution in [3.8, 4) is 22.6 Å². The van der Waals surface area contributed by atoms with Crippen LogP contribution in [0.2, 0.25) is 0 Å². The van der Waals surface area contributed by atoms with Crippen LogP contribution in [-0.4, -0.2) is 10.3 Å². The number of aliphatic hydroxyl groups is 1. The summed E-state index contributed by atoms with van der Waals surface area (Å²) >= 11 is 3.42. The summed E-state index contributed by atoms with van der Waals surface area (Å²) in [5.41, 5.74) is 3.21. The van der Waals surface area contributed by atoms with E-state index in [1.165, 1.54) is 5.39 Å². The highest BCUT2D eigenvalue weighted by Gasteiger charge is 2.18. The molecule has 4 rings (SSSR count). The maximum atomic E-state index is 9.87. The fourth-order valence-corrected chi connectivity index (χ4v) is 3.11. The molecule has 1 N–H and O–H groups in total. The first-order chi connectivity index (χ1) is 11.8. The minimum atomic E-state index is -0.128. The van der Waals surface area contributed by atoms with Crippen LogP contribution in [0.25, 0.3) is 33.4 Å². The highest BCUT2D eigenvalue weighted by molar-refractivity contribution is 9.10. The molecule has 0 aliphatic rings. The monoisotopic (exact) mass is 379 g/mol. The lowest BCUT2D eigenvalue weighted by Gasteiger charge is -2.03. The molecule has 0 fully saturated rings. The minimum absolute atomic E-state index is 0.128. The quantitative estimate of drug-likeness (QED) is 0.517. The molecule has 1 aromatic heterocycles. The molecule has 0 aliphatic carbocycles. The van der Waals surface area contributed by atoms with Crippen molar-refractivity contribution in [1.29, 1.82) is 0 Å². The lowest BCUT2D eigenvalue weighted by atomic mass is 10.0. The van der Waals surface area contributed by atoms with E-state index in [2.05, 4.69) is 45.4 Å². The van der Waals surface area contributed by atoms with E-state index >= 15 is 0 Å². The Morgan fingerprint density at radius 1 is 0.875 bits per heavy atom. The molecule has 0 radical (unpaired) electrons. The number of rotatable bonds is 3. The molecular weight excluding hydrogens is 366 g/mol. The Kier molecular flexibility index (Phi) is 3.92. The van der Waals surface area contributed by atoms with E-state index in [0.29, 0.717) is 17.0 Å². The van der Waals surface area contributed by atoms with Crippen LogP contribution < -0.4 is 0 Å². The molecule has 4 aromatic rings. The SMILES string of the molecule is OCc1c(-c2ccc3ccccc3c2)noc1-c1ccc(Br)cc1. The predicted octanol–water partition coefficient (Wildman–Crippen LogP) is 5.42. The summed E-state index contributed by atoms with van der Waals surface area (Å²) in [6.07, 6.45) is 0. The van der Waals surface area contributed by atoms with E-state index < -0.39 is 0 Å². The molecule has 0 amide bonds. The number of aromatic nitrogens is 1. The van der Waals surface area contributed by atoms with Crippen LogP contribution in [0.1, 0.15) is 5.56 Å². The van der Waals surface area contributed by atoms with Crippen LogP contribution in [0.3, 0.4) is 0 Å². The summed E-state index contributed by atoms with van der Waals surface area (Å²) in [6.45, 7) is -0.128. The van der Waals surface area contributed by atoms with Gasteiger partial charge in [0.25, 0.3) is 0 Å². The number of hydrogen-bond acceptors (Lipinski definition) is 3. The maximum absolute atomic E-state index is 9.87. The van der Waals surface area contributed by atoms with Gasteiger partial charge >= 0.3 is 0 Å². The fraction of sp³-hybridized carbons (Fsp3) is 0.0500. The van der Waals surface area contributed by atoms with Crippen molar-refractivity contribution in [1.82, 2.24) is 5.16 Å². The number of aliphatic hydroxyl groups excluding tert-OH is 1. The Bertz CT molecular complexity index is 1010. The highest BCUT2D eigenvalue weighted by Crippen LogP contribution is 2.34. The second-order valence-electron chi connectivity index (χ2n) is 5.57. The summed E-state index contributed by atoms with van der Waals surface area (Å²) in [6, 6.07) is 22.0. The molecule has 0 atom stereocenters. The first kappa shape index (κ1) is 15.1. The van der Waals surface area contributed by atoms with E-state index in [1.54, 1.807) is 0 Å². The smallest absolute Gasteiger partial charge is 0.173 e. The average Bonchev–Trinajstić information content (AvgIpc) is 3.06. The number of fused-ring (bicyclic) bond motifs is 1. The zero-order valence-corrected chi connectivity index (χ0v) is 14.3. The third-order valence-corrected chi connectivity index (χ3v) is 4.60. The maximum Gasteiger partial charge on any atom is 0.173 e. The van der Waals surface area contributed by atoms with Gasteiger partial charge in [-0.25, -0.2) is 0 Å². The van der Waals surface area contributed by atoms with Crippen molar-refractivity contribution in [3.63, 3.8) is 0 Å².